The molecule has 0 unspecified atom stereocenters. The molecule has 5 nitrogen and oxygen atoms in total. The Kier molecular flexibility index (Phi) is 4.83. The second-order valence-electron chi connectivity index (χ2n) is 6.77. The minimum absolute atomic E-state index is 0.129. The van der Waals surface area contributed by atoms with Crippen LogP contribution in [-0.2, 0) is 11.2 Å². The number of nitrogens with zero attached hydrogens (tertiary/aromatic N) is 2. The van der Waals surface area contributed by atoms with Gasteiger partial charge in [-0.3, -0.25) is 4.79 Å². The summed E-state index contributed by atoms with van der Waals surface area (Å²) in [5.41, 5.74) is 4.05. The maximum Gasteiger partial charge on any atom is 0.230 e. The zero-order chi connectivity index (χ0) is 20.3. The van der Waals surface area contributed by atoms with E-state index in [2.05, 4.69) is 10.3 Å². The number of fused-ring (bicyclic) bond motifs is 1. The quantitative estimate of drug-likeness (QED) is 0.397. The number of amides is 1. The molecule has 0 aliphatic rings. The summed E-state index contributed by atoms with van der Waals surface area (Å²) in [6.45, 7) is 0. The normalized spacial score (nSPS) is 10.9. The predicted octanol–water partition coefficient (Wildman–Crippen LogP) is 5.80. The van der Waals surface area contributed by atoms with Crippen LogP contribution in [-0.4, -0.2) is 15.9 Å². The molecule has 0 bridgehead atoms. The molecule has 0 spiro atoms. The van der Waals surface area contributed by atoms with Gasteiger partial charge in [-0.15, -0.1) is 11.3 Å². The highest BCUT2D eigenvalue weighted by Gasteiger charge is 2.14. The van der Waals surface area contributed by atoms with Gasteiger partial charge >= 0.3 is 0 Å². The molecular weight excluding hydrogens is 394 g/mol. The SMILES string of the molecule is O=C(Cc1coc(-c2ccccc2)n1)Nc1ccccc1-c1nc2ccccc2s1. The highest BCUT2D eigenvalue weighted by molar-refractivity contribution is 7.21. The van der Waals surface area contributed by atoms with Crippen molar-refractivity contribution in [3.63, 3.8) is 0 Å². The molecule has 0 atom stereocenters. The summed E-state index contributed by atoms with van der Waals surface area (Å²) in [6, 6.07) is 25.3. The van der Waals surface area contributed by atoms with Gasteiger partial charge in [-0.2, -0.15) is 0 Å². The third-order valence-corrected chi connectivity index (χ3v) is 5.71. The van der Waals surface area contributed by atoms with Crippen molar-refractivity contribution < 1.29 is 9.21 Å². The summed E-state index contributed by atoms with van der Waals surface area (Å²) >= 11 is 1.61. The Morgan fingerprint density at radius 2 is 1.67 bits per heavy atom. The van der Waals surface area contributed by atoms with Crippen molar-refractivity contribution in [2.45, 2.75) is 6.42 Å². The number of oxazole rings is 1. The Morgan fingerprint density at radius 3 is 2.53 bits per heavy atom. The highest BCUT2D eigenvalue weighted by Crippen LogP contribution is 2.34. The molecule has 30 heavy (non-hydrogen) atoms. The predicted molar refractivity (Wildman–Crippen MR) is 119 cm³/mol. The third kappa shape index (κ3) is 3.73. The topological polar surface area (TPSA) is 68.0 Å². The molecule has 0 aliphatic heterocycles. The molecule has 0 fully saturated rings. The second kappa shape index (κ2) is 7.93. The monoisotopic (exact) mass is 411 g/mol. The lowest BCUT2D eigenvalue weighted by atomic mass is 10.1. The van der Waals surface area contributed by atoms with E-state index in [1.807, 2.05) is 78.9 Å². The lowest BCUT2D eigenvalue weighted by molar-refractivity contribution is -0.115. The van der Waals surface area contributed by atoms with Gasteiger partial charge in [-0.25, -0.2) is 9.97 Å². The van der Waals surface area contributed by atoms with Crippen LogP contribution >= 0.6 is 11.3 Å². The summed E-state index contributed by atoms with van der Waals surface area (Å²) in [6.07, 6.45) is 1.66. The molecule has 2 aromatic heterocycles. The molecule has 0 saturated carbocycles. The minimum Gasteiger partial charge on any atom is -0.444 e. The van der Waals surface area contributed by atoms with Crippen molar-refractivity contribution in [1.29, 1.82) is 0 Å². The van der Waals surface area contributed by atoms with E-state index in [0.717, 1.165) is 32.0 Å². The van der Waals surface area contributed by atoms with Crippen molar-refractivity contribution in [3.05, 3.63) is 90.8 Å². The van der Waals surface area contributed by atoms with Crippen molar-refractivity contribution in [3.8, 4) is 22.0 Å². The average molecular weight is 411 g/mol. The first-order valence-corrected chi connectivity index (χ1v) is 10.3. The van der Waals surface area contributed by atoms with Crippen LogP contribution in [0.4, 0.5) is 5.69 Å². The lowest BCUT2D eigenvalue weighted by Crippen LogP contribution is -2.15. The fourth-order valence-electron chi connectivity index (χ4n) is 3.23. The highest BCUT2D eigenvalue weighted by atomic mass is 32.1. The second-order valence-corrected chi connectivity index (χ2v) is 7.80. The van der Waals surface area contributed by atoms with Gasteiger partial charge in [0.05, 0.1) is 28.0 Å². The van der Waals surface area contributed by atoms with Crippen LogP contribution in [0.25, 0.3) is 32.2 Å². The molecular formula is C24H17N3O2S. The standard InChI is InChI=1S/C24H17N3O2S/c28-22(14-17-15-29-23(25-17)16-8-2-1-3-9-16)26-19-11-5-4-10-18(19)24-27-20-12-6-7-13-21(20)30-24/h1-13,15H,14H2,(H,26,28). The summed E-state index contributed by atoms with van der Waals surface area (Å²) in [5.74, 6) is 0.352. The zero-order valence-electron chi connectivity index (χ0n) is 15.9. The van der Waals surface area contributed by atoms with Gasteiger partial charge < -0.3 is 9.73 Å². The van der Waals surface area contributed by atoms with Crippen LogP contribution in [0.2, 0.25) is 0 Å². The van der Waals surface area contributed by atoms with E-state index in [0.29, 0.717) is 11.6 Å². The van der Waals surface area contributed by atoms with Crippen LogP contribution in [0.3, 0.4) is 0 Å². The van der Waals surface area contributed by atoms with Crippen LogP contribution in [0, 0.1) is 0 Å². The molecule has 1 N–H and O–H groups in total. The maximum atomic E-state index is 12.7. The van der Waals surface area contributed by atoms with Crippen molar-refractivity contribution in [1.82, 2.24) is 9.97 Å². The number of anilines is 1. The molecule has 5 rings (SSSR count). The van der Waals surface area contributed by atoms with Gasteiger partial charge in [-0.1, -0.05) is 42.5 Å². The van der Waals surface area contributed by atoms with Crippen molar-refractivity contribution in [2.75, 3.05) is 5.32 Å². The first-order valence-electron chi connectivity index (χ1n) is 9.51. The largest absolute Gasteiger partial charge is 0.444 e. The molecule has 0 saturated heterocycles. The van der Waals surface area contributed by atoms with Gasteiger partial charge in [0.2, 0.25) is 11.8 Å². The number of para-hydroxylation sites is 2. The van der Waals surface area contributed by atoms with Gasteiger partial charge in [0.1, 0.15) is 11.3 Å². The molecule has 0 aliphatic carbocycles. The smallest absolute Gasteiger partial charge is 0.230 e. The Bertz CT molecular complexity index is 1290. The van der Waals surface area contributed by atoms with E-state index < -0.39 is 0 Å². The molecule has 1 amide bonds. The fourth-order valence-corrected chi connectivity index (χ4v) is 4.23. The van der Waals surface area contributed by atoms with E-state index in [9.17, 15) is 4.79 Å². The Labute approximate surface area is 177 Å². The fraction of sp³-hybridized carbons (Fsp3) is 0.0417. The summed E-state index contributed by atoms with van der Waals surface area (Å²) in [5, 5.41) is 3.87. The zero-order valence-corrected chi connectivity index (χ0v) is 16.7. The van der Waals surface area contributed by atoms with Gasteiger partial charge in [0.15, 0.2) is 0 Å². The number of aromatic nitrogens is 2. The molecule has 3 aromatic carbocycles. The number of rotatable bonds is 5. The van der Waals surface area contributed by atoms with E-state index in [4.69, 9.17) is 9.40 Å². The first kappa shape index (κ1) is 18.3. The molecule has 6 heteroatoms. The minimum atomic E-state index is -0.156. The van der Waals surface area contributed by atoms with E-state index in [1.54, 1.807) is 11.3 Å². The molecule has 5 aromatic rings. The van der Waals surface area contributed by atoms with Crippen LogP contribution in [0.1, 0.15) is 5.69 Å². The number of nitrogens with one attached hydrogen (secondary N) is 1. The molecule has 2 heterocycles. The van der Waals surface area contributed by atoms with Gasteiger partial charge in [0, 0.05) is 11.1 Å². The Balaban J connectivity index is 1.35. The number of benzene rings is 3. The van der Waals surface area contributed by atoms with Gasteiger partial charge in [0.25, 0.3) is 0 Å². The molecule has 146 valence electrons. The van der Waals surface area contributed by atoms with Crippen LogP contribution in [0.5, 0.6) is 0 Å². The first-order chi connectivity index (χ1) is 14.8. The summed E-state index contributed by atoms with van der Waals surface area (Å²) in [7, 11) is 0. The maximum absolute atomic E-state index is 12.7. The number of hydrogen-bond donors (Lipinski definition) is 1. The Morgan fingerprint density at radius 1 is 0.900 bits per heavy atom. The van der Waals surface area contributed by atoms with E-state index in [-0.39, 0.29) is 12.3 Å². The number of carbonyl (C=O) groups excluding carboxylic acids is 1. The average Bonchev–Trinajstić information content (AvgIpc) is 3.41. The van der Waals surface area contributed by atoms with Gasteiger partial charge in [-0.05, 0) is 36.4 Å². The third-order valence-electron chi connectivity index (χ3n) is 4.64. The number of thiazole rings is 1. The van der Waals surface area contributed by atoms with E-state index in [1.165, 1.54) is 6.26 Å². The van der Waals surface area contributed by atoms with Crippen LogP contribution in [0.15, 0.2) is 89.5 Å². The summed E-state index contributed by atoms with van der Waals surface area (Å²) < 4.78 is 6.64. The molecule has 0 radical (unpaired) electrons. The lowest BCUT2D eigenvalue weighted by Gasteiger charge is -2.08. The number of hydrogen-bond acceptors (Lipinski definition) is 5. The number of carbonyl (C=O) groups is 1. The summed E-state index contributed by atoms with van der Waals surface area (Å²) in [4.78, 5) is 21.8. The van der Waals surface area contributed by atoms with Crippen molar-refractivity contribution >= 4 is 33.1 Å². The van der Waals surface area contributed by atoms with E-state index >= 15 is 0 Å². The van der Waals surface area contributed by atoms with Crippen molar-refractivity contribution in [2.24, 2.45) is 0 Å². The Hall–Kier alpha value is -3.77. The van der Waals surface area contributed by atoms with Crippen LogP contribution < -0.4 is 5.32 Å².